The molecule has 0 spiro atoms. The maximum atomic E-state index is 12.5. The van der Waals surface area contributed by atoms with Crippen LogP contribution in [0.3, 0.4) is 0 Å². The van der Waals surface area contributed by atoms with Crippen LogP contribution in [0, 0.1) is 0 Å². The van der Waals surface area contributed by atoms with Crippen LogP contribution < -0.4 is 21.3 Å². The van der Waals surface area contributed by atoms with Gasteiger partial charge in [0.05, 0.1) is 11.3 Å². The third-order valence-electron chi connectivity index (χ3n) is 5.27. The Hall–Kier alpha value is -2.41. The van der Waals surface area contributed by atoms with Gasteiger partial charge in [0.2, 0.25) is 11.8 Å². The molecule has 2 heterocycles. The van der Waals surface area contributed by atoms with Crippen LogP contribution >= 0.6 is 0 Å². The maximum absolute atomic E-state index is 12.5. The number of amides is 3. The normalized spacial score (nSPS) is 23.8. The first-order valence-corrected chi connectivity index (χ1v) is 9.84. The maximum Gasteiger partial charge on any atom is 0.254 e. The van der Waals surface area contributed by atoms with Crippen molar-refractivity contribution in [2.24, 2.45) is 0 Å². The summed E-state index contributed by atoms with van der Waals surface area (Å²) in [5.74, 6) is -0.696. The van der Waals surface area contributed by atoms with Crippen LogP contribution in [0.2, 0.25) is 0 Å². The summed E-state index contributed by atoms with van der Waals surface area (Å²) in [6.45, 7) is 8.54. The molecule has 0 aromatic heterocycles. The van der Waals surface area contributed by atoms with E-state index < -0.39 is 6.04 Å². The molecule has 1 fully saturated rings. The van der Waals surface area contributed by atoms with Gasteiger partial charge >= 0.3 is 0 Å². The first-order chi connectivity index (χ1) is 13.0. The Morgan fingerprint density at radius 1 is 1.11 bits per heavy atom. The Morgan fingerprint density at radius 3 is 2.43 bits per heavy atom. The third kappa shape index (κ3) is 4.90. The first kappa shape index (κ1) is 20.3. The summed E-state index contributed by atoms with van der Waals surface area (Å²) < 4.78 is 0. The van der Waals surface area contributed by atoms with Crippen molar-refractivity contribution in [3.8, 4) is 0 Å². The summed E-state index contributed by atoms with van der Waals surface area (Å²) in [6, 6.07) is 6.23. The summed E-state index contributed by atoms with van der Waals surface area (Å²) in [4.78, 5) is 37.3. The largest absolute Gasteiger partial charge is 0.353 e. The zero-order chi connectivity index (χ0) is 20.5. The second kappa shape index (κ2) is 7.54. The van der Waals surface area contributed by atoms with Crippen LogP contribution in [-0.4, -0.2) is 40.9 Å². The number of rotatable bonds is 4. The van der Waals surface area contributed by atoms with E-state index in [4.69, 9.17) is 0 Å². The van der Waals surface area contributed by atoms with Gasteiger partial charge in [0, 0.05) is 23.5 Å². The van der Waals surface area contributed by atoms with Crippen LogP contribution in [0.15, 0.2) is 24.3 Å². The van der Waals surface area contributed by atoms with Crippen molar-refractivity contribution in [3.63, 3.8) is 0 Å². The van der Waals surface area contributed by atoms with Gasteiger partial charge in [-0.05, 0) is 59.1 Å². The van der Waals surface area contributed by atoms with E-state index >= 15 is 0 Å². The monoisotopic (exact) mass is 386 g/mol. The number of carbonyl (C=O) groups is 3. The van der Waals surface area contributed by atoms with Crippen molar-refractivity contribution in [2.45, 2.75) is 76.5 Å². The van der Waals surface area contributed by atoms with Crippen LogP contribution in [0.25, 0.3) is 0 Å². The highest BCUT2D eigenvalue weighted by Crippen LogP contribution is 2.28. The van der Waals surface area contributed by atoms with Gasteiger partial charge in [-0.2, -0.15) is 0 Å². The van der Waals surface area contributed by atoms with E-state index in [9.17, 15) is 14.4 Å². The second-order valence-corrected chi connectivity index (χ2v) is 9.17. The Labute approximate surface area is 166 Å². The standard InChI is InChI=1S/C21H30N4O3/c1-20(2)11-13(12-21(3,4)25-20)22-17(26)10-9-16-19(28)23-15-8-6-5-7-14(15)18(27)24-16/h5-8,13,16,25H,9-12H2,1-4H3,(H,22,26)(H,23,28)(H,24,27)/t16-/m1/s1. The average molecular weight is 386 g/mol. The summed E-state index contributed by atoms with van der Waals surface area (Å²) in [5.41, 5.74) is 0.819. The number of hydrogen-bond donors (Lipinski definition) is 4. The first-order valence-electron chi connectivity index (χ1n) is 9.84. The van der Waals surface area contributed by atoms with Gasteiger partial charge in [-0.3, -0.25) is 14.4 Å². The number of benzene rings is 1. The van der Waals surface area contributed by atoms with Gasteiger partial charge < -0.3 is 21.3 Å². The number of anilines is 1. The molecular formula is C21H30N4O3. The van der Waals surface area contributed by atoms with E-state index in [-0.39, 0.29) is 47.7 Å². The second-order valence-electron chi connectivity index (χ2n) is 9.17. The number of para-hydroxylation sites is 1. The lowest BCUT2D eigenvalue weighted by molar-refractivity contribution is -0.123. The molecule has 7 heteroatoms. The van der Waals surface area contributed by atoms with Crippen molar-refractivity contribution in [2.75, 3.05) is 5.32 Å². The quantitative estimate of drug-likeness (QED) is 0.635. The highest BCUT2D eigenvalue weighted by molar-refractivity contribution is 6.09. The minimum absolute atomic E-state index is 0.0549. The summed E-state index contributed by atoms with van der Waals surface area (Å²) in [6.07, 6.45) is 2.13. The van der Waals surface area contributed by atoms with E-state index in [0.29, 0.717) is 11.3 Å². The molecule has 4 N–H and O–H groups in total. The van der Waals surface area contributed by atoms with Crippen LogP contribution in [0.4, 0.5) is 5.69 Å². The van der Waals surface area contributed by atoms with Gasteiger partial charge in [0.25, 0.3) is 5.91 Å². The van der Waals surface area contributed by atoms with E-state index in [2.05, 4.69) is 49.0 Å². The third-order valence-corrected chi connectivity index (χ3v) is 5.27. The lowest BCUT2D eigenvalue weighted by Gasteiger charge is -2.46. The molecule has 0 unspecified atom stereocenters. The minimum Gasteiger partial charge on any atom is -0.353 e. The highest BCUT2D eigenvalue weighted by atomic mass is 16.2. The molecule has 0 aliphatic carbocycles. The Bertz CT molecular complexity index is 772. The van der Waals surface area contributed by atoms with Crippen LogP contribution in [-0.2, 0) is 9.59 Å². The predicted octanol–water partition coefficient (Wildman–Crippen LogP) is 1.94. The van der Waals surface area contributed by atoms with Crippen molar-refractivity contribution >= 4 is 23.4 Å². The predicted molar refractivity (Wildman–Crippen MR) is 108 cm³/mol. The lowest BCUT2D eigenvalue weighted by Crippen LogP contribution is -2.62. The molecule has 0 saturated carbocycles. The Kier molecular flexibility index (Phi) is 5.48. The van der Waals surface area contributed by atoms with Crippen molar-refractivity contribution in [1.82, 2.24) is 16.0 Å². The SMILES string of the molecule is CC1(C)CC(NC(=O)CC[C@H]2NC(=O)c3ccccc3NC2=O)CC(C)(C)N1. The summed E-state index contributed by atoms with van der Waals surface area (Å²) >= 11 is 0. The molecule has 2 aliphatic rings. The molecule has 7 nitrogen and oxygen atoms in total. The van der Waals surface area contributed by atoms with Gasteiger partial charge in [0.15, 0.2) is 0 Å². The molecule has 3 amide bonds. The van der Waals surface area contributed by atoms with E-state index in [1.807, 2.05) is 0 Å². The summed E-state index contributed by atoms with van der Waals surface area (Å²) in [5, 5.41) is 12.2. The van der Waals surface area contributed by atoms with Gasteiger partial charge in [-0.1, -0.05) is 12.1 Å². The molecule has 152 valence electrons. The van der Waals surface area contributed by atoms with Crippen LogP contribution in [0.1, 0.15) is 63.7 Å². The Balaban J connectivity index is 1.56. The van der Waals surface area contributed by atoms with Crippen LogP contribution in [0.5, 0.6) is 0 Å². The fraction of sp³-hybridized carbons (Fsp3) is 0.571. The van der Waals surface area contributed by atoms with Crippen molar-refractivity contribution in [3.05, 3.63) is 29.8 Å². The molecule has 2 aliphatic heterocycles. The van der Waals surface area contributed by atoms with Gasteiger partial charge in [0.1, 0.15) is 6.04 Å². The molecule has 0 radical (unpaired) electrons. The molecule has 3 rings (SSSR count). The van der Waals surface area contributed by atoms with Gasteiger partial charge in [-0.25, -0.2) is 0 Å². The smallest absolute Gasteiger partial charge is 0.254 e. The topological polar surface area (TPSA) is 99.3 Å². The van der Waals surface area contributed by atoms with E-state index in [1.54, 1.807) is 24.3 Å². The molecule has 1 aromatic rings. The number of nitrogens with one attached hydrogen (secondary N) is 4. The molecule has 0 bridgehead atoms. The molecular weight excluding hydrogens is 356 g/mol. The fourth-order valence-electron chi connectivity index (χ4n) is 4.51. The van der Waals surface area contributed by atoms with Gasteiger partial charge in [-0.15, -0.1) is 0 Å². The van der Waals surface area contributed by atoms with Crippen molar-refractivity contribution in [1.29, 1.82) is 0 Å². The summed E-state index contributed by atoms with van der Waals surface area (Å²) in [7, 11) is 0. The number of piperidine rings is 1. The number of carbonyl (C=O) groups excluding carboxylic acids is 3. The lowest BCUT2D eigenvalue weighted by atomic mass is 9.79. The average Bonchev–Trinajstić information content (AvgIpc) is 2.67. The molecule has 28 heavy (non-hydrogen) atoms. The zero-order valence-electron chi connectivity index (χ0n) is 17.0. The number of fused-ring (bicyclic) bond motifs is 1. The molecule has 1 aromatic carbocycles. The van der Waals surface area contributed by atoms with Crippen molar-refractivity contribution < 1.29 is 14.4 Å². The van der Waals surface area contributed by atoms with E-state index in [1.165, 1.54) is 0 Å². The fourth-order valence-corrected chi connectivity index (χ4v) is 4.51. The molecule has 1 saturated heterocycles. The number of hydrogen-bond acceptors (Lipinski definition) is 4. The van der Waals surface area contributed by atoms with E-state index in [0.717, 1.165) is 12.8 Å². The highest BCUT2D eigenvalue weighted by Gasteiger charge is 2.38. The zero-order valence-corrected chi connectivity index (χ0v) is 17.0. The minimum atomic E-state index is -0.730. The molecule has 1 atom stereocenters. The Morgan fingerprint density at radius 2 is 1.75 bits per heavy atom.